The summed E-state index contributed by atoms with van der Waals surface area (Å²) >= 11 is 0. The molecular formula is C21H29N3O. The first-order valence-corrected chi connectivity index (χ1v) is 9.40. The van der Waals surface area contributed by atoms with Gasteiger partial charge in [-0.05, 0) is 43.2 Å². The van der Waals surface area contributed by atoms with Crippen LogP contribution in [0.15, 0.2) is 24.3 Å². The molecule has 0 unspecified atom stereocenters. The summed E-state index contributed by atoms with van der Waals surface area (Å²) < 4.78 is 2.01. The second-order valence-electron chi connectivity index (χ2n) is 7.65. The van der Waals surface area contributed by atoms with E-state index < -0.39 is 0 Å². The summed E-state index contributed by atoms with van der Waals surface area (Å²) in [5, 5.41) is 4.92. The van der Waals surface area contributed by atoms with E-state index >= 15 is 0 Å². The van der Waals surface area contributed by atoms with Gasteiger partial charge in [-0.15, -0.1) is 0 Å². The van der Waals surface area contributed by atoms with Crippen molar-refractivity contribution in [2.45, 2.75) is 59.3 Å². The van der Waals surface area contributed by atoms with Crippen LogP contribution >= 0.6 is 0 Å². The van der Waals surface area contributed by atoms with Gasteiger partial charge in [0, 0.05) is 13.1 Å². The molecule has 0 N–H and O–H groups in total. The van der Waals surface area contributed by atoms with Crippen molar-refractivity contribution in [3.63, 3.8) is 0 Å². The molecule has 25 heavy (non-hydrogen) atoms. The highest BCUT2D eigenvalue weighted by atomic mass is 16.2. The second kappa shape index (κ2) is 7.03. The predicted molar refractivity (Wildman–Crippen MR) is 102 cm³/mol. The lowest BCUT2D eigenvalue weighted by Gasteiger charge is -2.19. The number of aromatic nitrogens is 2. The van der Waals surface area contributed by atoms with Gasteiger partial charge in [-0.3, -0.25) is 4.79 Å². The smallest absolute Gasteiger partial charge is 0.257 e. The first-order chi connectivity index (χ1) is 11.9. The fourth-order valence-electron chi connectivity index (χ4n) is 3.67. The highest BCUT2D eigenvalue weighted by Crippen LogP contribution is 2.32. The Bertz CT molecular complexity index is 767. The normalized spacial score (nSPS) is 14.8. The fourth-order valence-corrected chi connectivity index (χ4v) is 3.67. The maximum Gasteiger partial charge on any atom is 0.257 e. The summed E-state index contributed by atoms with van der Waals surface area (Å²) in [5.41, 5.74) is 5.02. The quantitative estimate of drug-likeness (QED) is 0.812. The molecular weight excluding hydrogens is 310 g/mol. The molecule has 1 aromatic heterocycles. The van der Waals surface area contributed by atoms with E-state index in [9.17, 15) is 4.79 Å². The molecule has 1 aliphatic heterocycles. The Labute approximate surface area is 150 Å². The average Bonchev–Trinajstić information content (AvgIpc) is 3.22. The molecule has 2 heterocycles. The molecule has 1 fully saturated rings. The Morgan fingerprint density at radius 3 is 2.24 bits per heavy atom. The predicted octanol–water partition coefficient (Wildman–Crippen LogP) is 4.66. The number of carbonyl (C=O) groups is 1. The summed E-state index contributed by atoms with van der Waals surface area (Å²) in [6.07, 6.45) is 2.21. The van der Waals surface area contributed by atoms with E-state index in [4.69, 9.17) is 5.10 Å². The van der Waals surface area contributed by atoms with Gasteiger partial charge >= 0.3 is 0 Å². The highest BCUT2D eigenvalue weighted by molar-refractivity contribution is 5.97. The molecule has 0 atom stereocenters. The van der Waals surface area contributed by atoms with Crippen molar-refractivity contribution in [3.05, 3.63) is 46.8 Å². The topological polar surface area (TPSA) is 38.1 Å². The van der Waals surface area contributed by atoms with E-state index in [-0.39, 0.29) is 17.7 Å². The molecule has 1 aromatic carbocycles. The minimum Gasteiger partial charge on any atom is -0.339 e. The first-order valence-electron chi connectivity index (χ1n) is 9.40. The van der Waals surface area contributed by atoms with Crippen LogP contribution in [0.25, 0.3) is 5.69 Å². The van der Waals surface area contributed by atoms with Crippen molar-refractivity contribution in [1.82, 2.24) is 14.7 Å². The molecule has 1 saturated heterocycles. The minimum absolute atomic E-state index is 0.157. The highest BCUT2D eigenvalue weighted by Gasteiger charge is 2.31. The van der Waals surface area contributed by atoms with Crippen molar-refractivity contribution >= 4 is 5.91 Å². The van der Waals surface area contributed by atoms with Crippen LogP contribution in [0.3, 0.4) is 0 Å². The number of rotatable bonds is 4. The summed E-state index contributed by atoms with van der Waals surface area (Å²) in [6.45, 7) is 12.4. The molecule has 1 amide bonds. The maximum absolute atomic E-state index is 13.3. The molecule has 4 nitrogen and oxygen atoms in total. The number of hydrogen-bond donors (Lipinski definition) is 0. The van der Waals surface area contributed by atoms with Gasteiger partial charge in [0.05, 0.1) is 22.6 Å². The molecule has 0 saturated carbocycles. The van der Waals surface area contributed by atoms with Gasteiger partial charge in [0.25, 0.3) is 5.91 Å². The second-order valence-corrected chi connectivity index (χ2v) is 7.65. The molecule has 0 aliphatic carbocycles. The maximum atomic E-state index is 13.3. The molecule has 0 spiro atoms. The molecule has 0 bridgehead atoms. The zero-order valence-electron chi connectivity index (χ0n) is 16.0. The van der Waals surface area contributed by atoms with E-state index in [1.165, 1.54) is 5.56 Å². The number of nitrogens with zero attached hydrogens (tertiary/aromatic N) is 3. The van der Waals surface area contributed by atoms with Crippen LogP contribution in [0, 0.1) is 6.92 Å². The Kier molecular flexibility index (Phi) is 4.98. The third-order valence-electron chi connectivity index (χ3n) is 4.99. The van der Waals surface area contributed by atoms with E-state index in [1.54, 1.807) is 0 Å². The third-order valence-corrected chi connectivity index (χ3v) is 4.99. The van der Waals surface area contributed by atoms with Gasteiger partial charge in [0.15, 0.2) is 0 Å². The van der Waals surface area contributed by atoms with Gasteiger partial charge in [-0.25, -0.2) is 4.68 Å². The van der Waals surface area contributed by atoms with E-state index in [0.717, 1.165) is 48.6 Å². The SMILES string of the molecule is Cc1ccccc1-n1nc(C(C)C)c(C(=O)N2CCCC2)c1C(C)C. The average molecular weight is 339 g/mol. The van der Waals surface area contributed by atoms with Crippen molar-refractivity contribution in [2.75, 3.05) is 13.1 Å². The fraction of sp³-hybridized carbons (Fsp3) is 0.524. The number of likely N-dealkylation sites (tertiary alicyclic amines) is 1. The lowest BCUT2D eigenvalue weighted by molar-refractivity contribution is 0.0789. The number of carbonyl (C=O) groups excluding carboxylic acids is 1. The van der Waals surface area contributed by atoms with Crippen LogP contribution in [-0.4, -0.2) is 33.7 Å². The monoisotopic (exact) mass is 339 g/mol. The van der Waals surface area contributed by atoms with Gasteiger partial charge in [0.2, 0.25) is 0 Å². The van der Waals surface area contributed by atoms with E-state index in [2.05, 4.69) is 46.8 Å². The van der Waals surface area contributed by atoms with Gasteiger partial charge in [-0.2, -0.15) is 5.10 Å². The number of amides is 1. The van der Waals surface area contributed by atoms with Gasteiger partial charge in [-0.1, -0.05) is 45.9 Å². The van der Waals surface area contributed by atoms with Crippen LogP contribution in [0.5, 0.6) is 0 Å². The summed E-state index contributed by atoms with van der Waals surface area (Å²) in [6, 6.07) is 8.25. The van der Waals surface area contributed by atoms with E-state index in [0.29, 0.717) is 0 Å². The van der Waals surface area contributed by atoms with Gasteiger partial charge in [0.1, 0.15) is 0 Å². The standard InChI is InChI=1S/C21H29N3O/c1-14(2)19-18(21(25)23-12-8-9-13-23)20(15(3)4)24(22-19)17-11-7-6-10-16(17)5/h6-7,10-11,14-15H,8-9,12-13H2,1-5H3. The number of para-hydroxylation sites is 1. The Balaban J connectivity index is 2.22. The van der Waals surface area contributed by atoms with Crippen LogP contribution < -0.4 is 0 Å². The van der Waals surface area contributed by atoms with Crippen molar-refractivity contribution in [2.24, 2.45) is 0 Å². The Morgan fingerprint density at radius 1 is 1.04 bits per heavy atom. The van der Waals surface area contributed by atoms with Crippen LogP contribution in [0.1, 0.15) is 79.7 Å². The number of benzene rings is 1. The Hall–Kier alpha value is -2.10. The van der Waals surface area contributed by atoms with Crippen LogP contribution in [0.2, 0.25) is 0 Å². The number of aryl methyl sites for hydroxylation is 1. The molecule has 4 heteroatoms. The lowest BCUT2D eigenvalue weighted by atomic mass is 9.97. The molecule has 134 valence electrons. The molecule has 2 aromatic rings. The zero-order valence-corrected chi connectivity index (χ0v) is 16.0. The van der Waals surface area contributed by atoms with E-state index in [1.807, 2.05) is 21.7 Å². The summed E-state index contributed by atoms with van der Waals surface area (Å²) in [7, 11) is 0. The van der Waals surface area contributed by atoms with Crippen molar-refractivity contribution in [1.29, 1.82) is 0 Å². The first kappa shape index (κ1) is 17.7. The molecule has 0 radical (unpaired) electrons. The van der Waals surface area contributed by atoms with Crippen LogP contribution in [-0.2, 0) is 0 Å². The van der Waals surface area contributed by atoms with Crippen molar-refractivity contribution in [3.8, 4) is 5.69 Å². The van der Waals surface area contributed by atoms with Crippen molar-refractivity contribution < 1.29 is 4.79 Å². The largest absolute Gasteiger partial charge is 0.339 e. The Morgan fingerprint density at radius 2 is 1.68 bits per heavy atom. The number of hydrogen-bond acceptors (Lipinski definition) is 2. The van der Waals surface area contributed by atoms with Crippen LogP contribution in [0.4, 0.5) is 0 Å². The van der Waals surface area contributed by atoms with Gasteiger partial charge < -0.3 is 4.90 Å². The lowest BCUT2D eigenvalue weighted by Crippen LogP contribution is -2.29. The molecule has 3 rings (SSSR count). The zero-order chi connectivity index (χ0) is 18.1. The summed E-state index contributed by atoms with van der Waals surface area (Å²) in [4.78, 5) is 15.3. The minimum atomic E-state index is 0.157. The molecule has 1 aliphatic rings. The summed E-state index contributed by atoms with van der Waals surface area (Å²) in [5.74, 6) is 0.593. The third kappa shape index (κ3) is 3.22.